The smallest absolute Gasteiger partial charge is 0.475 e. The van der Waals surface area contributed by atoms with E-state index in [4.69, 9.17) is 14.9 Å². The summed E-state index contributed by atoms with van der Waals surface area (Å²) in [7, 11) is 0. The monoisotopic (exact) mass is 618 g/mol. The van der Waals surface area contributed by atoms with Gasteiger partial charge in [0.25, 0.3) is 0 Å². The van der Waals surface area contributed by atoms with E-state index in [2.05, 4.69) is 87.7 Å². The Morgan fingerprint density at radius 3 is 2.04 bits per heavy atom. The Labute approximate surface area is 258 Å². The van der Waals surface area contributed by atoms with Gasteiger partial charge in [0.2, 0.25) is 5.91 Å². The van der Waals surface area contributed by atoms with Gasteiger partial charge in [0, 0.05) is 38.3 Å². The number of carboxylic acid groups (broad SMARTS) is 1. The second-order valence-corrected chi connectivity index (χ2v) is 10.8. The number of carbonyl (C=O) groups excluding carboxylic acids is 1. The van der Waals surface area contributed by atoms with E-state index in [0.29, 0.717) is 18.8 Å². The average Bonchev–Trinajstić information content (AvgIpc) is 3.04. The average molecular weight is 619 g/mol. The van der Waals surface area contributed by atoms with Gasteiger partial charge in [-0.05, 0) is 30.2 Å². The van der Waals surface area contributed by atoms with Gasteiger partial charge in [-0.3, -0.25) is 9.69 Å². The van der Waals surface area contributed by atoms with Crippen LogP contribution in [0.4, 0.5) is 36.2 Å². The van der Waals surface area contributed by atoms with Gasteiger partial charge >= 0.3 is 12.1 Å². The fourth-order valence-electron chi connectivity index (χ4n) is 5.32. The molecule has 1 amide bonds. The number of hydrogen-bond donors (Lipinski definition) is 2. The molecule has 9 nitrogen and oxygen atoms in total. The Kier molecular flexibility index (Phi) is 9.50. The molecule has 45 heavy (non-hydrogen) atoms. The third-order valence-electron chi connectivity index (χ3n) is 7.63. The van der Waals surface area contributed by atoms with Crippen LogP contribution in [0.3, 0.4) is 0 Å². The largest absolute Gasteiger partial charge is 0.490 e. The molecular formula is C33H33F3N6O3. The molecule has 0 spiro atoms. The van der Waals surface area contributed by atoms with Gasteiger partial charge in [0.15, 0.2) is 11.6 Å². The van der Waals surface area contributed by atoms with E-state index in [1.807, 2.05) is 29.2 Å². The first-order valence-corrected chi connectivity index (χ1v) is 14.5. The molecule has 1 saturated heterocycles. The first-order valence-electron chi connectivity index (χ1n) is 14.5. The third-order valence-corrected chi connectivity index (χ3v) is 7.63. The molecule has 3 aromatic carbocycles. The number of aromatic nitrogens is 2. The predicted octanol–water partition coefficient (Wildman–Crippen LogP) is 5.31. The summed E-state index contributed by atoms with van der Waals surface area (Å²) in [5, 5.41) is 10.6. The van der Waals surface area contributed by atoms with E-state index in [0.717, 1.165) is 48.8 Å². The maximum absolute atomic E-state index is 14.0. The molecule has 6 rings (SSSR count). The van der Waals surface area contributed by atoms with Crippen molar-refractivity contribution in [1.82, 2.24) is 9.97 Å². The quantitative estimate of drug-likeness (QED) is 0.300. The van der Waals surface area contributed by atoms with Gasteiger partial charge in [0.05, 0.1) is 6.54 Å². The standard InChI is InChI=1S/C31H32N6O.C2HF3O2/c1-23-12-14-25(15-13-23)21-37-28-29(34-27(31(37)38)20-24-8-4-2-5-9-24)32-22-33-30(28)36-18-16-35(17-19-36)26-10-6-3-7-11-26;3-2(4,5)1(6)7/h2-15,22,27H,16-21H2,1H3,(H,32,33,34);(H,6,7). The number of amides is 1. The van der Waals surface area contributed by atoms with Crippen LogP contribution in [0, 0.1) is 6.92 Å². The summed E-state index contributed by atoms with van der Waals surface area (Å²) >= 11 is 0. The number of hydrogen-bond acceptors (Lipinski definition) is 7. The van der Waals surface area contributed by atoms with Gasteiger partial charge in [-0.1, -0.05) is 78.4 Å². The number of alkyl halides is 3. The molecule has 3 heterocycles. The number of fused-ring (bicyclic) bond motifs is 1. The summed E-state index contributed by atoms with van der Waals surface area (Å²) < 4.78 is 31.7. The van der Waals surface area contributed by atoms with E-state index >= 15 is 0 Å². The SMILES string of the molecule is Cc1ccc(CN2C(=O)C(Cc3ccccc3)Nc3ncnc(N4CCN(c5ccccc5)CC4)c32)cc1.O=C(O)C(F)(F)F. The lowest BCUT2D eigenvalue weighted by atomic mass is 10.0. The van der Waals surface area contributed by atoms with E-state index in [9.17, 15) is 18.0 Å². The number of aryl methyl sites for hydroxylation is 1. The van der Waals surface area contributed by atoms with Crippen LogP contribution in [0.25, 0.3) is 0 Å². The van der Waals surface area contributed by atoms with Gasteiger partial charge in [-0.2, -0.15) is 13.2 Å². The van der Waals surface area contributed by atoms with Gasteiger partial charge in [0.1, 0.15) is 18.1 Å². The maximum atomic E-state index is 14.0. The summed E-state index contributed by atoms with van der Waals surface area (Å²) in [6.07, 6.45) is -2.87. The minimum atomic E-state index is -5.08. The lowest BCUT2D eigenvalue weighted by Crippen LogP contribution is -2.51. The number of aliphatic carboxylic acids is 1. The van der Waals surface area contributed by atoms with Crippen molar-refractivity contribution in [3.8, 4) is 0 Å². The second-order valence-electron chi connectivity index (χ2n) is 10.8. The molecule has 4 aromatic rings. The van der Waals surface area contributed by atoms with E-state index in [1.54, 1.807) is 6.33 Å². The summed E-state index contributed by atoms with van der Waals surface area (Å²) in [6.45, 7) is 5.96. The first-order chi connectivity index (χ1) is 21.6. The van der Waals surface area contributed by atoms with Crippen LogP contribution < -0.4 is 20.0 Å². The number of halogens is 3. The highest BCUT2D eigenvalue weighted by Gasteiger charge is 2.39. The number of anilines is 4. The zero-order valence-electron chi connectivity index (χ0n) is 24.6. The van der Waals surface area contributed by atoms with Crippen molar-refractivity contribution in [3.63, 3.8) is 0 Å². The summed E-state index contributed by atoms with van der Waals surface area (Å²) in [5.74, 6) is -1.18. The molecule has 2 aliphatic heterocycles. The van der Waals surface area contributed by atoms with E-state index in [-0.39, 0.29) is 5.91 Å². The third kappa shape index (κ3) is 7.69. The van der Waals surface area contributed by atoms with E-state index in [1.165, 1.54) is 11.3 Å². The lowest BCUT2D eigenvalue weighted by Gasteiger charge is -2.40. The fraction of sp³-hybridized carbons (Fsp3) is 0.273. The molecule has 12 heteroatoms. The number of nitrogens with zero attached hydrogens (tertiary/aromatic N) is 5. The van der Waals surface area contributed by atoms with Crippen LogP contribution in [0.2, 0.25) is 0 Å². The molecule has 2 aliphatic rings. The molecule has 1 unspecified atom stereocenters. The molecule has 0 bridgehead atoms. The van der Waals surface area contributed by atoms with E-state index < -0.39 is 18.2 Å². The van der Waals surface area contributed by atoms with Crippen LogP contribution in [0.15, 0.2) is 91.3 Å². The second kappa shape index (κ2) is 13.7. The number of nitrogens with one attached hydrogen (secondary N) is 1. The van der Waals surface area contributed by atoms with Crippen LogP contribution in [-0.4, -0.2) is 65.3 Å². The molecular weight excluding hydrogens is 585 g/mol. The predicted molar refractivity (Wildman–Crippen MR) is 167 cm³/mol. The maximum Gasteiger partial charge on any atom is 0.490 e. The summed E-state index contributed by atoms with van der Waals surface area (Å²) in [6, 6.07) is 28.6. The summed E-state index contributed by atoms with van der Waals surface area (Å²) in [4.78, 5) is 38.8. The zero-order chi connectivity index (χ0) is 32.0. The molecule has 1 atom stereocenters. The normalized spacial score (nSPS) is 16.3. The highest BCUT2D eigenvalue weighted by Crippen LogP contribution is 2.39. The Hall–Kier alpha value is -5.13. The number of carbonyl (C=O) groups is 2. The number of para-hydroxylation sites is 1. The highest BCUT2D eigenvalue weighted by atomic mass is 19.4. The minimum Gasteiger partial charge on any atom is -0.475 e. The Morgan fingerprint density at radius 1 is 0.867 bits per heavy atom. The molecule has 234 valence electrons. The number of rotatable bonds is 6. The molecule has 2 N–H and O–H groups in total. The van der Waals surface area contributed by atoms with Crippen LogP contribution in [-0.2, 0) is 22.6 Å². The van der Waals surface area contributed by atoms with Crippen molar-refractivity contribution in [2.45, 2.75) is 32.1 Å². The Morgan fingerprint density at radius 2 is 1.44 bits per heavy atom. The van der Waals surface area contributed by atoms with Crippen molar-refractivity contribution >= 4 is 34.9 Å². The molecule has 1 aromatic heterocycles. The lowest BCUT2D eigenvalue weighted by molar-refractivity contribution is -0.192. The first kappa shape index (κ1) is 31.3. The molecule has 0 saturated carbocycles. The van der Waals surface area contributed by atoms with Crippen molar-refractivity contribution in [1.29, 1.82) is 0 Å². The van der Waals surface area contributed by atoms with Crippen LogP contribution in [0.1, 0.15) is 16.7 Å². The Balaban J connectivity index is 0.000000515. The van der Waals surface area contributed by atoms with Crippen LogP contribution >= 0.6 is 0 Å². The number of piperazine rings is 1. The summed E-state index contributed by atoms with van der Waals surface area (Å²) in [5.41, 5.74) is 5.40. The van der Waals surface area contributed by atoms with Gasteiger partial charge in [-0.25, -0.2) is 14.8 Å². The minimum absolute atomic E-state index is 0.0425. The number of carboxylic acids is 1. The molecule has 1 fully saturated rings. The number of benzene rings is 3. The van der Waals surface area contributed by atoms with Crippen molar-refractivity contribution in [2.24, 2.45) is 0 Å². The molecule has 0 aliphatic carbocycles. The zero-order valence-corrected chi connectivity index (χ0v) is 24.6. The van der Waals surface area contributed by atoms with Crippen LogP contribution in [0.5, 0.6) is 0 Å². The topological polar surface area (TPSA) is 102 Å². The van der Waals surface area contributed by atoms with Gasteiger partial charge in [-0.15, -0.1) is 0 Å². The van der Waals surface area contributed by atoms with Gasteiger partial charge < -0.3 is 20.2 Å². The molecule has 0 radical (unpaired) electrons. The van der Waals surface area contributed by atoms with Crippen molar-refractivity contribution in [3.05, 3.63) is 108 Å². The highest BCUT2D eigenvalue weighted by molar-refractivity contribution is 6.07. The Bertz CT molecular complexity index is 1600. The van der Waals surface area contributed by atoms with Crippen molar-refractivity contribution in [2.75, 3.05) is 46.2 Å². The van der Waals surface area contributed by atoms with Crippen molar-refractivity contribution < 1.29 is 27.9 Å². The fourth-order valence-corrected chi connectivity index (χ4v) is 5.32.